The van der Waals surface area contributed by atoms with Crippen molar-refractivity contribution < 1.29 is 14.3 Å². The lowest BCUT2D eigenvalue weighted by Gasteiger charge is -2.10. The van der Waals surface area contributed by atoms with E-state index >= 15 is 0 Å². The second kappa shape index (κ2) is 6.13. The summed E-state index contributed by atoms with van der Waals surface area (Å²) in [5.74, 6) is -1.18. The Balaban J connectivity index is 2.22. The van der Waals surface area contributed by atoms with Crippen LogP contribution >= 0.6 is 11.3 Å². The highest BCUT2D eigenvalue weighted by Crippen LogP contribution is 2.20. The smallest absolute Gasteiger partial charge is 0.340 e. The van der Waals surface area contributed by atoms with Crippen molar-refractivity contribution in [2.45, 2.75) is 33.4 Å². The predicted molar refractivity (Wildman–Crippen MR) is 81.4 cm³/mol. The van der Waals surface area contributed by atoms with Gasteiger partial charge < -0.3 is 15.0 Å². The van der Waals surface area contributed by atoms with Gasteiger partial charge in [0.2, 0.25) is 0 Å². The number of rotatable bonds is 5. The molecule has 2 N–H and O–H groups in total. The van der Waals surface area contributed by atoms with Crippen LogP contribution in [0.5, 0.6) is 0 Å². The van der Waals surface area contributed by atoms with Gasteiger partial charge in [0.05, 0.1) is 12.1 Å². The van der Waals surface area contributed by atoms with Crippen LogP contribution in [0.4, 0.5) is 0 Å². The van der Waals surface area contributed by atoms with Crippen molar-refractivity contribution in [3.63, 3.8) is 0 Å². The van der Waals surface area contributed by atoms with Gasteiger partial charge in [-0.05, 0) is 38.3 Å². The van der Waals surface area contributed by atoms with Gasteiger partial charge in [0.1, 0.15) is 0 Å². The second-order valence-electron chi connectivity index (χ2n) is 4.90. The van der Waals surface area contributed by atoms with E-state index in [-0.39, 0.29) is 0 Å². The first kappa shape index (κ1) is 15.3. The van der Waals surface area contributed by atoms with Crippen molar-refractivity contribution in [1.82, 2.24) is 4.57 Å². The number of hydrogen-bond donors (Lipinski definition) is 1. The topological polar surface area (TPSA) is 74.3 Å². The molecule has 0 fully saturated rings. The Kier molecular flexibility index (Phi) is 4.47. The molecule has 112 valence electrons. The number of nitrogens with zero attached hydrogens (tertiary/aromatic N) is 1. The zero-order chi connectivity index (χ0) is 15.6. The van der Waals surface area contributed by atoms with Crippen LogP contribution < -0.4 is 5.73 Å². The van der Waals surface area contributed by atoms with E-state index in [0.717, 1.165) is 11.4 Å². The van der Waals surface area contributed by atoms with Crippen LogP contribution in [0.25, 0.3) is 0 Å². The van der Waals surface area contributed by atoms with Crippen LogP contribution in [-0.4, -0.2) is 22.5 Å². The molecule has 2 aromatic heterocycles. The lowest BCUT2D eigenvalue weighted by Crippen LogP contribution is -2.30. The molecule has 21 heavy (non-hydrogen) atoms. The van der Waals surface area contributed by atoms with Crippen molar-refractivity contribution in [2.75, 3.05) is 0 Å². The molecule has 5 nitrogen and oxygen atoms in total. The van der Waals surface area contributed by atoms with E-state index in [2.05, 4.69) is 10.6 Å². The fraction of sp³-hybridized carbons (Fsp3) is 0.333. The quantitative estimate of drug-likeness (QED) is 0.861. The average Bonchev–Trinajstić information content (AvgIpc) is 3.02. The zero-order valence-corrected chi connectivity index (χ0v) is 13.1. The number of aromatic nitrogens is 1. The van der Waals surface area contributed by atoms with Crippen LogP contribution in [-0.2, 0) is 16.1 Å². The highest BCUT2D eigenvalue weighted by molar-refractivity contribution is 7.09. The monoisotopic (exact) mass is 306 g/mol. The molecule has 0 aromatic carbocycles. The summed E-state index contributed by atoms with van der Waals surface area (Å²) in [7, 11) is 0. The SMILES string of the molecule is Cc1cc(C(=O)O[C@@H](C)C(N)=O)c(C)n1Cc1cccs1. The van der Waals surface area contributed by atoms with Gasteiger partial charge in [-0.15, -0.1) is 11.3 Å². The van der Waals surface area contributed by atoms with E-state index in [1.165, 1.54) is 11.8 Å². The van der Waals surface area contributed by atoms with Crippen molar-refractivity contribution in [1.29, 1.82) is 0 Å². The molecule has 1 atom stereocenters. The van der Waals surface area contributed by atoms with E-state index in [4.69, 9.17) is 10.5 Å². The molecular formula is C15H18N2O3S. The number of aryl methyl sites for hydroxylation is 1. The van der Waals surface area contributed by atoms with Crippen molar-refractivity contribution in [2.24, 2.45) is 5.73 Å². The highest BCUT2D eigenvalue weighted by Gasteiger charge is 2.21. The van der Waals surface area contributed by atoms with Crippen LogP contribution in [0, 0.1) is 13.8 Å². The molecule has 2 aromatic rings. The van der Waals surface area contributed by atoms with Gasteiger partial charge in [0, 0.05) is 16.3 Å². The van der Waals surface area contributed by atoms with Crippen molar-refractivity contribution in [3.05, 3.63) is 45.4 Å². The Hall–Kier alpha value is -2.08. The standard InChI is InChI=1S/C15H18N2O3S/c1-9-7-13(15(19)20-11(3)14(16)18)10(2)17(9)8-12-5-4-6-21-12/h4-7,11H,8H2,1-3H3,(H2,16,18)/t11-/m0/s1. The predicted octanol–water partition coefficient (Wildman–Crippen LogP) is 2.25. The molecule has 0 saturated carbocycles. The van der Waals surface area contributed by atoms with Crippen LogP contribution in [0.3, 0.4) is 0 Å². The van der Waals surface area contributed by atoms with Gasteiger partial charge in [-0.3, -0.25) is 4.79 Å². The first-order valence-electron chi connectivity index (χ1n) is 6.59. The van der Waals surface area contributed by atoms with Gasteiger partial charge in [-0.1, -0.05) is 6.07 Å². The molecule has 0 aliphatic carbocycles. The number of amides is 1. The third-order valence-electron chi connectivity index (χ3n) is 3.37. The Bertz CT molecular complexity index is 659. The molecule has 0 bridgehead atoms. The molecule has 2 heterocycles. The minimum Gasteiger partial charge on any atom is -0.449 e. The molecule has 0 aliphatic heterocycles. The van der Waals surface area contributed by atoms with Gasteiger partial charge in [0.15, 0.2) is 6.10 Å². The number of primary amides is 1. The molecule has 0 radical (unpaired) electrons. The third-order valence-corrected chi connectivity index (χ3v) is 4.23. The molecule has 6 heteroatoms. The zero-order valence-electron chi connectivity index (χ0n) is 12.3. The lowest BCUT2D eigenvalue weighted by atomic mass is 10.2. The summed E-state index contributed by atoms with van der Waals surface area (Å²) in [6, 6.07) is 5.83. The molecule has 1 amide bonds. The fourth-order valence-corrected chi connectivity index (χ4v) is 2.78. The largest absolute Gasteiger partial charge is 0.449 e. The molecule has 0 spiro atoms. The minimum atomic E-state index is -0.933. The number of thiophene rings is 1. The second-order valence-corrected chi connectivity index (χ2v) is 5.93. The number of ether oxygens (including phenoxy) is 1. The summed E-state index contributed by atoms with van der Waals surface area (Å²) in [5.41, 5.74) is 7.37. The Morgan fingerprint density at radius 1 is 1.43 bits per heavy atom. The Morgan fingerprint density at radius 2 is 2.14 bits per heavy atom. The maximum Gasteiger partial charge on any atom is 0.340 e. The summed E-state index contributed by atoms with van der Waals surface area (Å²) in [6.45, 7) is 5.99. The maximum atomic E-state index is 12.1. The molecule has 0 saturated heterocycles. The van der Waals surface area contributed by atoms with E-state index in [1.54, 1.807) is 17.4 Å². The van der Waals surface area contributed by atoms with Crippen molar-refractivity contribution >= 4 is 23.2 Å². The average molecular weight is 306 g/mol. The van der Waals surface area contributed by atoms with E-state index in [1.807, 2.05) is 25.3 Å². The molecule has 0 unspecified atom stereocenters. The maximum absolute atomic E-state index is 12.1. The Labute approximate surface area is 127 Å². The highest BCUT2D eigenvalue weighted by atomic mass is 32.1. The summed E-state index contributed by atoms with van der Waals surface area (Å²) >= 11 is 1.67. The van der Waals surface area contributed by atoms with Gasteiger partial charge >= 0.3 is 5.97 Å². The van der Waals surface area contributed by atoms with Crippen LogP contribution in [0.1, 0.15) is 33.5 Å². The first-order chi connectivity index (χ1) is 9.90. The Morgan fingerprint density at radius 3 is 2.71 bits per heavy atom. The molecule has 2 rings (SSSR count). The molecule has 0 aliphatic rings. The van der Waals surface area contributed by atoms with E-state index in [0.29, 0.717) is 12.1 Å². The third kappa shape index (κ3) is 3.33. The van der Waals surface area contributed by atoms with Gasteiger partial charge in [0.25, 0.3) is 5.91 Å². The fourth-order valence-electron chi connectivity index (χ4n) is 2.09. The number of carbonyl (C=O) groups excluding carboxylic acids is 2. The summed E-state index contributed by atoms with van der Waals surface area (Å²) in [6.07, 6.45) is -0.933. The van der Waals surface area contributed by atoms with Gasteiger partial charge in [-0.2, -0.15) is 0 Å². The summed E-state index contributed by atoms with van der Waals surface area (Å²) in [4.78, 5) is 24.3. The lowest BCUT2D eigenvalue weighted by molar-refractivity contribution is -0.125. The van der Waals surface area contributed by atoms with E-state index < -0.39 is 18.0 Å². The minimum absolute atomic E-state index is 0.470. The number of nitrogens with two attached hydrogens (primary N) is 1. The number of hydrogen-bond acceptors (Lipinski definition) is 4. The normalized spacial score (nSPS) is 12.1. The first-order valence-corrected chi connectivity index (χ1v) is 7.47. The van der Waals surface area contributed by atoms with Gasteiger partial charge in [-0.25, -0.2) is 4.79 Å². The number of carbonyl (C=O) groups is 2. The summed E-state index contributed by atoms with van der Waals surface area (Å²) in [5, 5.41) is 2.02. The van der Waals surface area contributed by atoms with E-state index in [9.17, 15) is 9.59 Å². The molecular weight excluding hydrogens is 288 g/mol. The van der Waals surface area contributed by atoms with Crippen LogP contribution in [0.2, 0.25) is 0 Å². The van der Waals surface area contributed by atoms with Crippen molar-refractivity contribution in [3.8, 4) is 0 Å². The number of esters is 1. The summed E-state index contributed by atoms with van der Waals surface area (Å²) < 4.78 is 7.11. The van der Waals surface area contributed by atoms with Crippen LogP contribution in [0.15, 0.2) is 23.6 Å².